The van der Waals surface area contributed by atoms with Crippen LogP contribution in [0.1, 0.15) is 33.6 Å². The third-order valence-corrected chi connectivity index (χ3v) is 2.74. The Bertz CT molecular complexity index is 458. The summed E-state index contributed by atoms with van der Waals surface area (Å²) >= 11 is 0.920. The molecule has 0 aliphatic rings. The first-order valence-electron chi connectivity index (χ1n) is 5.28. The Morgan fingerprint density at radius 3 is 2.67 bits per heavy atom. The average Bonchev–Trinajstić information content (AvgIpc) is 2.83. The molecule has 18 heavy (non-hydrogen) atoms. The first-order valence-corrected chi connectivity index (χ1v) is 6.16. The van der Waals surface area contributed by atoms with E-state index in [1.807, 2.05) is 6.92 Å². The molecule has 2 amide bonds. The fraction of sp³-hybridized carbons (Fsp3) is 0.400. The lowest BCUT2D eigenvalue weighted by Gasteiger charge is -2.03. The molecule has 0 fully saturated rings. The van der Waals surface area contributed by atoms with Crippen LogP contribution in [0.3, 0.4) is 0 Å². The summed E-state index contributed by atoms with van der Waals surface area (Å²) in [5, 5.41) is 14.9. The van der Waals surface area contributed by atoms with Crippen molar-refractivity contribution in [2.24, 2.45) is 0 Å². The van der Waals surface area contributed by atoms with Gasteiger partial charge in [0, 0.05) is 11.9 Å². The lowest BCUT2D eigenvalue weighted by molar-refractivity contribution is -0.120. The number of nitrogens with zero attached hydrogens (tertiary/aromatic N) is 1. The van der Waals surface area contributed by atoms with Crippen LogP contribution in [-0.2, 0) is 4.79 Å². The van der Waals surface area contributed by atoms with Crippen LogP contribution in [0.4, 0.5) is 0 Å². The fourth-order valence-corrected chi connectivity index (χ4v) is 1.75. The number of carboxylic acid groups (broad SMARTS) is 1. The van der Waals surface area contributed by atoms with Crippen molar-refractivity contribution >= 4 is 29.1 Å². The van der Waals surface area contributed by atoms with E-state index in [0.717, 1.165) is 17.8 Å². The van der Waals surface area contributed by atoms with Gasteiger partial charge in [-0.1, -0.05) is 6.92 Å². The standard InChI is InChI=1S/C10H13N3O4S/c1-2-3-11-7(14)4-12-8(15)9-13-6(5-18-9)10(16)17/h5H,2-4H2,1H3,(H,11,14)(H,12,15)(H,16,17). The molecular formula is C10H13N3O4S. The van der Waals surface area contributed by atoms with Gasteiger partial charge < -0.3 is 15.7 Å². The molecule has 0 aliphatic carbocycles. The third-order valence-electron chi connectivity index (χ3n) is 1.90. The maximum atomic E-state index is 11.5. The van der Waals surface area contributed by atoms with Gasteiger partial charge in [0.1, 0.15) is 0 Å². The summed E-state index contributed by atoms with van der Waals surface area (Å²) in [6.07, 6.45) is 0.814. The molecule has 0 aromatic carbocycles. The number of aromatic nitrogens is 1. The Morgan fingerprint density at radius 1 is 1.39 bits per heavy atom. The Labute approximate surface area is 107 Å². The van der Waals surface area contributed by atoms with E-state index in [0.29, 0.717) is 6.54 Å². The quantitative estimate of drug-likeness (QED) is 0.680. The summed E-state index contributed by atoms with van der Waals surface area (Å²) in [7, 11) is 0. The fourth-order valence-electron chi connectivity index (χ4n) is 1.04. The molecule has 0 saturated heterocycles. The van der Waals surface area contributed by atoms with E-state index in [2.05, 4.69) is 15.6 Å². The molecule has 0 bridgehead atoms. The maximum absolute atomic E-state index is 11.5. The Balaban J connectivity index is 2.45. The minimum atomic E-state index is -1.19. The molecule has 1 aromatic rings. The summed E-state index contributed by atoms with van der Waals surface area (Å²) in [6.45, 7) is 2.32. The van der Waals surface area contributed by atoms with Crippen LogP contribution in [0.15, 0.2) is 5.38 Å². The zero-order valence-corrected chi connectivity index (χ0v) is 10.5. The number of aromatic carboxylic acids is 1. The van der Waals surface area contributed by atoms with Gasteiger partial charge in [-0.2, -0.15) is 0 Å². The van der Waals surface area contributed by atoms with Crippen molar-refractivity contribution in [2.75, 3.05) is 13.1 Å². The largest absolute Gasteiger partial charge is 0.476 e. The first-order chi connectivity index (χ1) is 8.54. The van der Waals surface area contributed by atoms with Crippen LogP contribution in [0, 0.1) is 0 Å². The number of nitrogens with one attached hydrogen (secondary N) is 2. The molecular weight excluding hydrogens is 258 g/mol. The van der Waals surface area contributed by atoms with Gasteiger partial charge in [-0.05, 0) is 6.42 Å². The van der Waals surface area contributed by atoms with Crippen molar-refractivity contribution in [1.29, 1.82) is 0 Å². The van der Waals surface area contributed by atoms with Gasteiger partial charge in [0.25, 0.3) is 5.91 Å². The Kier molecular flexibility index (Phi) is 5.25. The number of rotatable bonds is 6. The van der Waals surface area contributed by atoms with Gasteiger partial charge in [0.15, 0.2) is 10.7 Å². The summed E-state index contributed by atoms with van der Waals surface area (Å²) < 4.78 is 0. The summed E-state index contributed by atoms with van der Waals surface area (Å²) in [5.74, 6) is -2.04. The average molecular weight is 271 g/mol. The van der Waals surface area contributed by atoms with Gasteiger partial charge in [0.2, 0.25) is 5.91 Å². The summed E-state index contributed by atoms with van der Waals surface area (Å²) in [5.41, 5.74) is -0.180. The van der Waals surface area contributed by atoms with Gasteiger partial charge >= 0.3 is 5.97 Å². The van der Waals surface area contributed by atoms with Crippen molar-refractivity contribution in [2.45, 2.75) is 13.3 Å². The van der Waals surface area contributed by atoms with Gasteiger partial charge in [-0.3, -0.25) is 9.59 Å². The molecule has 0 radical (unpaired) electrons. The van der Waals surface area contributed by atoms with Crippen LogP contribution < -0.4 is 10.6 Å². The minimum absolute atomic E-state index is 0.0238. The first kappa shape index (κ1) is 14.1. The number of hydrogen-bond acceptors (Lipinski definition) is 5. The Hall–Kier alpha value is -1.96. The van der Waals surface area contributed by atoms with Crippen LogP contribution in [0.2, 0.25) is 0 Å². The zero-order valence-electron chi connectivity index (χ0n) is 9.73. The molecule has 1 heterocycles. The monoisotopic (exact) mass is 271 g/mol. The van der Waals surface area contributed by atoms with Crippen molar-refractivity contribution in [3.8, 4) is 0 Å². The highest BCUT2D eigenvalue weighted by molar-refractivity contribution is 7.11. The van der Waals surface area contributed by atoms with Crippen LogP contribution >= 0.6 is 11.3 Å². The highest BCUT2D eigenvalue weighted by Gasteiger charge is 2.15. The number of carbonyl (C=O) groups is 3. The number of carbonyl (C=O) groups excluding carboxylic acids is 2. The van der Waals surface area contributed by atoms with E-state index in [-0.39, 0.29) is 23.2 Å². The van der Waals surface area contributed by atoms with Gasteiger partial charge in [0.05, 0.1) is 6.54 Å². The second kappa shape index (κ2) is 6.70. The maximum Gasteiger partial charge on any atom is 0.355 e. The topological polar surface area (TPSA) is 108 Å². The lowest BCUT2D eigenvalue weighted by atomic mass is 10.4. The third kappa shape index (κ3) is 4.13. The molecule has 8 heteroatoms. The smallest absolute Gasteiger partial charge is 0.355 e. The molecule has 0 aliphatic heterocycles. The normalized spacial score (nSPS) is 9.83. The number of thiazole rings is 1. The van der Waals surface area contributed by atoms with E-state index >= 15 is 0 Å². The highest BCUT2D eigenvalue weighted by Crippen LogP contribution is 2.09. The van der Waals surface area contributed by atoms with Crippen molar-refractivity contribution in [3.63, 3.8) is 0 Å². The molecule has 1 rings (SSSR count). The Morgan fingerprint density at radius 2 is 2.11 bits per heavy atom. The molecule has 1 aromatic heterocycles. The lowest BCUT2D eigenvalue weighted by Crippen LogP contribution is -2.37. The molecule has 7 nitrogen and oxygen atoms in total. The molecule has 0 atom stereocenters. The molecule has 3 N–H and O–H groups in total. The zero-order chi connectivity index (χ0) is 13.5. The van der Waals surface area contributed by atoms with E-state index in [9.17, 15) is 14.4 Å². The van der Waals surface area contributed by atoms with E-state index < -0.39 is 11.9 Å². The molecule has 98 valence electrons. The highest BCUT2D eigenvalue weighted by atomic mass is 32.1. The second-order valence-electron chi connectivity index (χ2n) is 3.38. The predicted molar refractivity (Wildman–Crippen MR) is 64.7 cm³/mol. The number of carboxylic acids is 1. The molecule has 0 unspecified atom stereocenters. The molecule has 0 saturated carbocycles. The van der Waals surface area contributed by atoms with E-state index in [1.54, 1.807) is 0 Å². The van der Waals surface area contributed by atoms with Crippen LogP contribution in [0.25, 0.3) is 0 Å². The number of amides is 2. The van der Waals surface area contributed by atoms with Crippen LogP contribution in [-0.4, -0.2) is 41.0 Å². The SMILES string of the molecule is CCCNC(=O)CNC(=O)c1nc(C(=O)O)cs1. The van der Waals surface area contributed by atoms with Crippen molar-refractivity contribution < 1.29 is 19.5 Å². The van der Waals surface area contributed by atoms with Crippen molar-refractivity contribution in [3.05, 3.63) is 16.1 Å². The minimum Gasteiger partial charge on any atom is -0.476 e. The van der Waals surface area contributed by atoms with Crippen LogP contribution in [0.5, 0.6) is 0 Å². The second-order valence-corrected chi connectivity index (χ2v) is 4.23. The predicted octanol–water partition coefficient (Wildman–Crippen LogP) is 0.0973. The van der Waals surface area contributed by atoms with E-state index in [1.165, 1.54) is 5.38 Å². The molecule has 0 spiro atoms. The van der Waals surface area contributed by atoms with Crippen molar-refractivity contribution in [1.82, 2.24) is 15.6 Å². The van der Waals surface area contributed by atoms with E-state index in [4.69, 9.17) is 5.11 Å². The summed E-state index contributed by atoms with van der Waals surface area (Å²) in [6, 6.07) is 0. The number of hydrogen-bond donors (Lipinski definition) is 3. The van der Waals surface area contributed by atoms with Gasteiger partial charge in [-0.25, -0.2) is 9.78 Å². The summed E-state index contributed by atoms with van der Waals surface area (Å²) in [4.78, 5) is 36.9. The van der Waals surface area contributed by atoms with Gasteiger partial charge in [-0.15, -0.1) is 11.3 Å².